The van der Waals surface area contributed by atoms with E-state index in [2.05, 4.69) is 5.32 Å². The molecule has 0 aliphatic rings. The first kappa shape index (κ1) is 26.2. The highest BCUT2D eigenvalue weighted by atomic mass is 35.5. The largest absolute Gasteiger partial charge is 0.484 e. The first-order valence-corrected chi connectivity index (χ1v) is 13.1. The van der Waals surface area contributed by atoms with Crippen molar-refractivity contribution in [3.63, 3.8) is 0 Å². The number of nitrogens with one attached hydrogen (secondary N) is 1. The maximum Gasteiger partial charge on any atom is 0.264 e. The fourth-order valence-corrected chi connectivity index (χ4v) is 5.07. The van der Waals surface area contributed by atoms with Crippen molar-refractivity contribution in [2.24, 2.45) is 0 Å². The average Bonchev–Trinajstić information content (AvgIpc) is 2.89. The van der Waals surface area contributed by atoms with E-state index in [4.69, 9.17) is 16.3 Å². The van der Waals surface area contributed by atoms with Crippen LogP contribution in [0, 0.1) is 12.7 Å². The van der Waals surface area contributed by atoms with Crippen LogP contribution in [0.4, 0.5) is 15.8 Å². The van der Waals surface area contributed by atoms with Crippen LogP contribution < -0.4 is 14.4 Å². The lowest BCUT2D eigenvalue weighted by molar-refractivity contribution is -0.118. The predicted octanol–water partition coefficient (Wildman–Crippen LogP) is 6.20. The van der Waals surface area contributed by atoms with Gasteiger partial charge in [-0.1, -0.05) is 41.4 Å². The van der Waals surface area contributed by atoms with Gasteiger partial charge >= 0.3 is 0 Å². The van der Waals surface area contributed by atoms with Crippen LogP contribution in [0.2, 0.25) is 5.02 Å². The van der Waals surface area contributed by atoms with Crippen LogP contribution in [0.3, 0.4) is 0 Å². The number of amides is 1. The van der Waals surface area contributed by atoms with Crippen molar-refractivity contribution in [3.05, 3.63) is 119 Å². The molecule has 4 aromatic rings. The highest BCUT2D eigenvalue weighted by molar-refractivity contribution is 7.92. The summed E-state index contributed by atoms with van der Waals surface area (Å²) in [6.45, 7) is 1.71. The molecule has 0 heterocycles. The van der Waals surface area contributed by atoms with Crippen LogP contribution in [-0.4, -0.2) is 20.9 Å². The molecule has 0 aromatic heterocycles. The average molecular weight is 539 g/mol. The summed E-state index contributed by atoms with van der Waals surface area (Å²) in [5, 5.41) is 3.17. The zero-order valence-corrected chi connectivity index (χ0v) is 21.5. The van der Waals surface area contributed by atoms with Crippen molar-refractivity contribution in [2.75, 3.05) is 16.2 Å². The monoisotopic (exact) mass is 538 g/mol. The molecule has 4 aromatic carbocycles. The van der Waals surface area contributed by atoms with Gasteiger partial charge in [-0.2, -0.15) is 0 Å². The number of rotatable bonds is 9. The van der Waals surface area contributed by atoms with Crippen LogP contribution in [0.1, 0.15) is 11.1 Å². The Labute approximate surface area is 220 Å². The van der Waals surface area contributed by atoms with E-state index in [1.165, 1.54) is 28.6 Å². The van der Waals surface area contributed by atoms with E-state index in [0.29, 0.717) is 22.1 Å². The summed E-state index contributed by atoms with van der Waals surface area (Å²) in [7, 11) is -3.89. The van der Waals surface area contributed by atoms with Gasteiger partial charge in [-0.25, -0.2) is 12.8 Å². The first-order valence-electron chi connectivity index (χ1n) is 11.3. The summed E-state index contributed by atoms with van der Waals surface area (Å²) in [4.78, 5) is 12.3. The summed E-state index contributed by atoms with van der Waals surface area (Å²) >= 11 is 6.00. The quantitative estimate of drug-likeness (QED) is 0.275. The van der Waals surface area contributed by atoms with Crippen LogP contribution in [0.5, 0.6) is 5.75 Å². The van der Waals surface area contributed by atoms with Crippen molar-refractivity contribution in [1.82, 2.24) is 0 Å². The number of benzene rings is 4. The molecule has 0 saturated heterocycles. The predicted molar refractivity (Wildman–Crippen MR) is 143 cm³/mol. The Hall–Kier alpha value is -3.88. The van der Waals surface area contributed by atoms with Crippen molar-refractivity contribution < 1.29 is 22.3 Å². The smallest absolute Gasteiger partial charge is 0.264 e. The molecule has 1 amide bonds. The second-order valence-corrected chi connectivity index (χ2v) is 10.6. The van der Waals surface area contributed by atoms with E-state index in [1.54, 1.807) is 72.8 Å². The molecule has 0 fully saturated rings. The Kier molecular flexibility index (Phi) is 8.11. The van der Waals surface area contributed by atoms with Crippen molar-refractivity contribution in [3.8, 4) is 5.75 Å². The van der Waals surface area contributed by atoms with Gasteiger partial charge in [0.25, 0.3) is 15.9 Å². The molecule has 9 heteroatoms. The second-order valence-electron chi connectivity index (χ2n) is 8.29. The summed E-state index contributed by atoms with van der Waals surface area (Å²) in [5.74, 6) is -0.428. The molecule has 0 aliphatic heterocycles. The van der Waals surface area contributed by atoms with Crippen molar-refractivity contribution in [1.29, 1.82) is 0 Å². The first-order chi connectivity index (χ1) is 17.7. The van der Waals surface area contributed by atoms with Crippen molar-refractivity contribution in [2.45, 2.75) is 18.4 Å². The molecule has 0 saturated carbocycles. The lowest BCUT2D eigenvalue weighted by Crippen LogP contribution is -2.30. The normalized spacial score (nSPS) is 11.1. The molecule has 0 spiro atoms. The molecule has 1 N–H and O–H groups in total. The Morgan fingerprint density at radius 2 is 1.51 bits per heavy atom. The SMILES string of the molecule is Cc1ccc(S(=O)(=O)N(Cc2ccc(Cl)cc2)c2ccc(OCC(=O)Nc3ccc(F)cc3)cc2)cc1. The Morgan fingerprint density at radius 1 is 0.892 bits per heavy atom. The van der Waals surface area contributed by atoms with Gasteiger partial charge < -0.3 is 10.1 Å². The third-order valence-corrected chi connectivity index (χ3v) is 7.51. The van der Waals surface area contributed by atoms with Gasteiger partial charge in [-0.05, 0) is 85.3 Å². The third-order valence-electron chi connectivity index (χ3n) is 5.47. The van der Waals surface area contributed by atoms with Gasteiger partial charge in [-0.3, -0.25) is 9.10 Å². The molecule has 0 radical (unpaired) electrons. The van der Waals surface area contributed by atoms with Gasteiger partial charge in [0.05, 0.1) is 17.1 Å². The van der Waals surface area contributed by atoms with Gasteiger partial charge in [0, 0.05) is 10.7 Å². The number of hydrogen-bond acceptors (Lipinski definition) is 4. The number of aryl methyl sites for hydroxylation is 1. The number of ether oxygens (including phenoxy) is 1. The fraction of sp³-hybridized carbons (Fsp3) is 0.107. The molecule has 0 atom stereocenters. The van der Waals surface area contributed by atoms with E-state index < -0.39 is 21.7 Å². The number of carbonyl (C=O) groups excluding carboxylic acids is 1. The van der Waals surface area contributed by atoms with Gasteiger partial charge in [0.1, 0.15) is 11.6 Å². The minimum absolute atomic E-state index is 0.0909. The molecule has 37 heavy (non-hydrogen) atoms. The number of halogens is 2. The molecular weight excluding hydrogens is 515 g/mol. The molecule has 190 valence electrons. The standard InChI is InChI=1S/C28H24ClFN2O4S/c1-20-2-16-27(17-3-20)37(34,35)32(18-21-4-6-22(29)7-5-21)25-12-14-26(15-13-25)36-19-28(33)31-24-10-8-23(30)9-11-24/h2-17H,18-19H2,1H3,(H,31,33). The Balaban J connectivity index is 1.51. The third kappa shape index (κ3) is 6.87. The highest BCUT2D eigenvalue weighted by Gasteiger charge is 2.25. The fourth-order valence-electron chi connectivity index (χ4n) is 3.50. The Morgan fingerprint density at radius 3 is 2.14 bits per heavy atom. The van der Waals surface area contributed by atoms with Gasteiger partial charge in [0.2, 0.25) is 0 Å². The van der Waals surface area contributed by atoms with Crippen LogP contribution in [0.15, 0.2) is 102 Å². The number of hydrogen-bond donors (Lipinski definition) is 1. The van der Waals surface area contributed by atoms with Gasteiger partial charge in [0.15, 0.2) is 6.61 Å². The summed E-state index contributed by atoms with van der Waals surface area (Å²) in [6, 6.07) is 25.5. The van der Waals surface area contributed by atoms with E-state index in [9.17, 15) is 17.6 Å². The minimum atomic E-state index is -3.89. The van der Waals surface area contributed by atoms with Crippen LogP contribution >= 0.6 is 11.6 Å². The Bertz CT molecular complexity index is 1460. The maximum atomic E-state index is 13.6. The topological polar surface area (TPSA) is 75.7 Å². The second kappa shape index (κ2) is 11.5. The lowest BCUT2D eigenvalue weighted by atomic mass is 10.2. The molecule has 4 rings (SSSR count). The molecule has 0 aliphatic carbocycles. The zero-order chi connectivity index (χ0) is 26.4. The zero-order valence-electron chi connectivity index (χ0n) is 19.9. The van der Waals surface area contributed by atoms with E-state index in [1.807, 2.05) is 6.92 Å². The number of carbonyl (C=O) groups is 1. The van der Waals surface area contributed by atoms with Crippen LogP contribution in [0.25, 0.3) is 0 Å². The van der Waals surface area contributed by atoms with E-state index >= 15 is 0 Å². The molecular formula is C28H24ClFN2O4S. The molecule has 0 bridgehead atoms. The van der Waals surface area contributed by atoms with E-state index in [0.717, 1.165) is 11.1 Å². The molecule has 6 nitrogen and oxygen atoms in total. The summed E-state index contributed by atoms with van der Waals surface area (Å²) in [6.07, 6.45) is 0. The number of nitrogens with zero attached hydrogens (tertiary/aromatic N) is 1. The number of anilines is 2. The summed E-state index contributed by atoms with van der Waals surface area (Å²) < 4.78 is 47.1. The van der Waals surface area contributed by atoms with E-state index in [-0.39, 0.29) is 18.0 Å². The maximum absolute atomic E-state index is 13.6. The minimum Gasteiger partial charge on any atom is -0.484 e. The van der Waals surface area contributed by atoms with Crippen LogP contribution in [-0.2, 0) is 21.4 Å². The summed E-state index contributed by atoms with van der Waals surface area (Å²) in [5.41, 5.74) is 2.59. The lowest BCUT2D eigenvalue weighted by Gasteiger charge is -2.25. The van der Waals surface area contributed by atoms with Gasteiger partial charge in [-0.15, -0.1) is 0 Å². The number of sulfonamides is 1. The molecule has 0 unspecified atom stereocenters. The van der Waals surface area contributed by atoms with Crippen molar-refractivity contribution >= 4 is 38.9 Å². The highest BCUT2D eigenvalue weighted by Crippen LogP contribution is 2.28.